The molecule has 1 radical (unpaired) electrons. The van der Waals surface area contributed by atoms with Crippen molar-refractivity contribution in [1.29, 1.82) is 0 Å². The molecule has 0 amide bonds. The molecule has 0 unspecified atom stereocenters. The molecule has 12 heteroatoms. The minimum Gasteiger partial charge on any atom is -0.741 e. The van der Waals surface area contributed by atoms with E-state index in [1.165, 1.54) is 0 Å². The normalized spacial score (nSPS) is 13.4. The van der Waals surface area contributed by atoms with Crippen molar-refractivity contribution in [3.05, 3.63) is 71.3 Å². The molecule has 2 rings (SSSR count). The molecule has 2 N–H and O–H groups in total. The maximum Gasteiger partial charge on any atom is 2.00 e. The van der Waals surface area contributed by atoms with Gasteiger partial charge in [0.25, 0.3) is 0 Å². The van der Waals surface area contributed by atoms with Crippen LogP contribution in [-0.2, 0) is 42.3 Å². The van der Waals surface area contributed by atoms with Gasteiger partial charge < -0.3 is 35.9 Å². The predicted octanol–water partition coefficient (Wildman–Crippen LogP) is 3.67. The number of hydrogen-bond donors (Lipinski definition) is 2. The number of alkyl halides is 3. The SMILES string of the molecule is CCNC([S-])=NN=C(C(=NN=C([S-])NCC(F)(F)F)c1ccc(C)cc1)c1ccccc1.[Cu+2]. The molecule has 2 aromatic carbocycles. The van der Waals surface area contributed by atoms with Crippen LogP contribution in [0.25, 0.3) is 0 Å². The topological polar surface area (TPSA) is 73.5 Å². The van der Waals surface area contributed by atoms with Gasteiger partial charge in [-0.1, -0.05) is 60.2 Å². The zero-order valence-electron chi connectivity index (χ0n) is 17.7. The van der Waals surface area contributed by atoms with E-state index in [0.29, 0.717) is 23.4 Å². The van der Waals surface area contributed by atoms with Crippen LogP contribution in [0.4, 0.5) is 13.2 Å². The summed E-state index contributed by atoms with van der Waals surface area (Å²) in [5, 5.41) is 20.9. The van der Waals surface area contributed by atoms with E-state index in [2.05, 4.69) is 25.7 Å². The first-order valence-electron chi connectivity index (χ1n) is 9.52. The predicted molar refractivity (Wildman–Crippen MR) is 128 cm³/mol. The van der Waals surface area contributed by atoms with Gasteiger partial charge in [-0.3, -0.25) is 0 Å². The van der Waals surface area contributed by atoms with E-state index in [9.17, 15) is 13.2 Å². The van der Waals surface area contributed by atoms with E-state index >= 15 is 0 Å². The number of aryl methyl sites for hydroxylation is 1. The van der Waals surface area contributed by atoms with Gasteiger partial charge in [0.05, 0.1) is 0 Å². The Labute approximate surface area is 212 Å². The standard InChI is InChI=1S/C21H23F3N6S2.Cu/c1-3-25-19(31)29-27-17(15-7-5-4-6-8-15)18(16-11-9-14(2)10-12-16)28-30-20(32)26-13-21(22,23)24;/h4-12H,3,13H2,1-2H3,(H2,25,29,31)(H2,26,30,32);/q;+2/p-2. The fourth-order valence-corrected chi connectivity index (χ4v) is 2.68. The third kappa shape index (κ3) is 10.3. The van der Waals surface area contributed by atoms with Crippen LogP contribution in [0.5, 0.6) is 0 Å². The Morgan fingerprint density at radius 2 is 1.27 bits per heavy atom. The Morgan fingerprint density at radius 1 is 0.788 bits per heavy atom. The van der Waals surface area contributed by atoms with E-state index in [1.54, 1.807) is 24.3 Å². The number of amidine groups is 2. The second-order valence-electron chi connectivity index (χ2n) is 6.44. The van der Waals surface area contributed by atoms with Gasteiger partial charge in [-0.25, -0.2) is 0 Å². The fourth-order valence-electron chi connectivity index (χ4n) is 2.38. The Kier molecular flexibility index (Phi) is 12.0. The number of rotatable bonds is 7. The van der Waals surface area contributed by atoms with Gasteiger partial charge in [-0.15, -0.1) is 10.2 Å². The number of benzene rings is 2. The van der Waals surface area contributed by atoms with Gasteiger partial charge in [-0.2, -0.15) is 23.4 Å². The van der Waals surface area contributed by atoms with Crippen LogP contribution in [0.2, 0.25) is 0 Å². The molecular weight excluding hydrogens is 521 g/mol. The Hall–Kier alpha value is -2.53. The Bertz CT molecular complexity index is 1010. The molecule has 0 saturated carbocycles. The Balaban J connectivity index is 0.00000544. The van der Waals surface area contributed by atoms with Crippen LogP contribution in [0.1, 0.15) is 23.6 Å². The minimum atomic E-state index is -4.43. The van der Waals surface area contributed by atoms with Crippen molar-refractivity contribution in [3.63, 3.8) is 0 Å². The summed E-state index contributed by atoms with van der Waals surface area (Å²) in [5.41, 5.74) is 2.92. The molecule has 0 spiro atoms. The number of nitrogens with one attached hydrogen (secondary N) is 2. The molecule has 0 heterocycles. The molecule has 0 atom stereocenters. The van der Waals surface area contributed by atoms with Crippen molar-refractivity contribution in [2.24, 2.45) is 20.4 Å². The summed E-state index contributed by atoms with van der Waals surface area (Å²) in [5.74, 6) is 0. The van der Waals surface area contributed by atoms with Crippen molar-refractivity contribution in [1.82, 2.24) is 10.6 Å². The maximum atomic E-state index is 12.5. The second-order valence-corrected chi connectivity index (χ2v) is 7.21. The molecule has 0 fully saturated rings. The van der Waals surface area contributed by atoms with Gasteiger partial charge in [-0.05, 0) is 24.2 Å². The zero-order chi connectivity index (χ0) is 23.6. The molecule has 0 aliphatic rings. The summed E-state index contributed by atoms with van der Waals surface area (Å²) in [4.78, 5) is 0. The Morgan fingerprint density at radius 3 is 1.76 bits per heavy atom. The van der Waals surface area contributed by atoms with E-state index in [1.807, 2.05) is 49.5 Å². The third-order valence-electron chi connectivity index (χ3n) is 3.85. The first-order valence-corrected chi connectivity index (χ1v) is 10.3. The van der Waals surface area contributed by atoms with Crippen molar-refractivity contribution in [2.75, 3.05) is 13.1 Å². The van der Waals surface area contributed by atoms with Crippen LogP contribution >= 0.6 is 0 Å². The molecule has 33 heavy (non-hydrogen) atoms. The summed E-state index contributed by atoms with van der Waals surface area (Å²) in [7, 11) is 0. The quantitative estimate of drug-likeness (QED) is 0.184. The number of halogens is 3. The molecule has 6 nitrogen and oxygen atoms in total. The first-order chi connectivity index (χ1) is 15.2. The summed E-state index contributed by atoms with van der Waals surface area (Å²) in [6, 6.07) is 16.4. The monoisotopic (exact) mass is 541 g/mol. The summed E-state index contributed by atoms with van der Waals surface area (Å²) >= 11 is 10.0. The second kappa shape index (κ2) is 13.9. The number of hydrogen-bond acceptors (Lipinski definition) is 6. The van der Waals surface area contributed by atoms with Gasteiger partial charge >= 0.3 is 23.2 Å². The van der Waals surface area contributed by atoms with Crippen molar-refractivity contribution in [2.45, 2.75) is 20.0 Å². The van der Waals surface area contributed by atoms with Crippen LogP contribution < -0.4 is 10.6 Å². The van der Waals surface area contributed by atoms with Crippen molar-refractivity contribution in [3.8, 4) is 0 Å². The third-order valence-corrected chi connectivity index (χ3v) is 4.30. The van der Waals surface area contributed by atoms with Crippen molar-refractivity contribution < 1.29 is 30.2 Å². The van der Waals surface area contributed by atoms with E-state index < -0.39 is 17.9 Å². The summed E-state index contributed by atoms with van der Waals surface area (Å²) < 4.78 is 37.4. The molecule has 179 valence electrons. The van der Waals surface area contributed by atoms with E-state index in [0.717, 1.165) is 5.56 Å². The largest absolute Gasteiger partial charge is 2.00 e. The molecular formula is C21H21CuF3N6S2. The first kappa shape index (κ1) is 28.5. The van der Waals surface area contributed by atoms with Gasteiger partial charge in [0.2, 0.25) is 0 Å². The van der Waals surface area contributed by atoms with Crippen LogP contribution in [-0.4, -0.2) is 41.0 Å². The minimum absolute atomic E-state index is 0. The van der Waals surface area contributed by atoms with Crippen LogP contribution in [0.15, 0.2) is 75.0 Å². The van der Waals surface area contributed by atoms with Gasteiger partial charge in [0.1, 0.15) is 18.0 Å². The average molecular weight is 542 g/mol. The summed E-state index contributed by atoms with van der Waals surface area (Å²) in [6.45, 7) is 3.07. The van der Waals surface area contributed by atoms with Gasteiger partial charge in [0.15, 0.2) is 0 Å². The zero-order valence-corrected chi connectivity index (χ0v) is 20.2. The molecule has 0 aliphatic carbocycles. The summed E-state index contributed by atoms with van der Waals surface area (Å²) in [6.07, 6.45) is -4.43. The molecule has 0 bridgehead atoms. The molecule has 0 aliphatic heterocycles. The molecule has 2 aromatic rings. The maximum absolute atomic E-state index is 12.5. The van der Waals surface area contributed by atoms with Crippen molar-refractivity contribution >= 4 is 47.0 Å². The van der Waals surface area contributed by atoms with E-state index in [-0.39, 0.29) is 27.9 Å². The molecule has 0 aromatic heterocycles. The number of nitrogens with zero attached hydrogens (tertiary/aromatic N) is 4. The average Bonchev–Trinajstić information content (AvgIpc) is 2.75. The fraction of sp³-hybridized carbons (Fsp3) is 0.238. The van der Waals surface area contributed by atoms with Crippen LogP contribution in [0, 0.1) is 6.92 Å². The van der Waals surface area contributed by atoms with Gasteiger partial charge in [0, 0.05) is 17.7 Å². The smallest absolute Gasteiger partial charge is 0.741 e. The van der Waals surface area contributed by atoms with E-state index in [4.69, 9.17) is 25.3 Å². The van der Waals surface area contributed by atoms with Crippen LogP contribution in [0.3, 0.4) is 0 Å². The molecule has 0 saturated heterocycles.